The molecule has 0 aromatic heterocycles. The molecule has 4 rings (SSSR count). The Bertz CT molecular complexity index is 1000. The maximum absolute atomic E-state index is 13.9. The van der Waals surface area contributed by atoms with Crippen LogP contribution in [0.4, 0.5) is 10.1 Å². The summed E-state index contributed by atoms with van der Waals surface area (Å²) in [5.74, 6) is -0.724. The molecular formula is C23H20ClFN2O. The number of nitrogens with one attached hydrogen (secondary N) is 2. The van der Waals surface area contributed by atoms with Gasteiger partial charge in [0.15, 0.2) is 0 Å². The molecule has 0 aliphatic carbocycles. The van der Waals surface area contributed by atoms with Gasteiger partial charge in [0.25, 0.3) is 0 Å². The van der Waals surface area contributed by atoms with Gasteiger partial charge in [0, 0.05) is 23.2 Å². The maximum atomic E-state index is 13.9. The van der Waals surface area contributed by atoms with Crippen molar-refractivity contribution in [3.8, 4) is 0 Å². The summed E-state index contributed by atoms with van der Waals surface area (Å²) in [5.41, 5.74) is 4.46. The van der Waals surface area contributed by atoms with E-state index in [4.69, 9.17) is 11.6 Å². The van der Waals surface area contributed by atoms with E-state index in [0.29, 0.717) is 11.6 Å². The van der Waals surface area contributed by atoms with Gasteiger partial charge in [-0.15, -0.1) is 0 Å². The van der Waals surface area contributed by atoms with Gasteiger partial charge in [-0.25, -0.2) is 4.39 Å². The number of carbonyl (C=O) groups excluding carboxylic acids is 1. The minimum atomic E-state index is -0.526. The smallest absolute Gasteiger partial charge is 0.243 e. The Morgan fingerprint density at radius 2 is 1.89 bits per heavy atom. The zero-order valence-corrected chi connectivity index (χ0v) is 16.1. The van der Waals surface area contributed by atoms with Crippen LogP contribution in [0.5, 0.6) is 0 Å². The minimum Gasteiger partial charge on any atom is -0.373 e. The highest BCUT2D eigenvalue weighted by Gasteiger charge is 2.38. The van der Waals surface area contributed by atoms with Gasteiger partial charge in [0.05, 0.1) is 0 Å². The number of rotatable bonds is 4. The molecule has 0 fully saturated rings. The van der Waals surface area contributed by atoms with E-state index >= 15 is 0 Å². The molecule has 1 aliphatic heterocycles. The third kappa shape index (κ3) is 3.48. The summed E-state index contributed by atoms with van der Waals surface area (Å²) in [6.07, 6.45) is 0. The van der Waals surface area contributed by atoms with Crippen molar-refractivity contribution in [3.63, 3.8) is 0 Å². The highest BCUT2D eigenvalue weighted by molar-refractivity contribution is 6.31. The monoisotopic (exact) mass is 394 g/mol. The standard InChI is InChI=1S/C23H20ClFN2O/c1-14-6-5-9-19(24)18(14)13-26-23(28)22-21(15-7-3-2-4-8-15)17-12-16(25)10-11-20(17)27-22/h2-12,21-22,27H,13H2,1H3,(H,26,28). The molecule has 1 amide bonds. The molecule has 3 aromatic carbocycles. The number of halogens is 2. The van der Waals surface area contributed by atoms with E-state index < -0.39 is 6.04 Å². The van der Waals surface area contributed by atoms with Gasteiger partial charge < -0.3 is 10.6 Å². The van der Waals surface area contributed by atoms with Gasteiger partial charge in [-0.3, -0.25) is 4.79 Å². The van der Waals surface area contributed by atoms with Crippen molar-refractivity contribution in [2.75, 3.05) is 5.32 Å². The lowest BCUT2D eigenvalue weighted by Gasteiger charge is -2.21. The lowest BCUT2D eigenvalue weighted by Crippen LogP contribution is -2.40. The van der Waals surface area contributed by atoms with E-state index in [-0.39, 0.29) is 17.6 Å². The van der Waals surface area contributed by atoms with Gasteiger partial charge >= 0.3 is 0 Å². The van der Waals surface area contributed by atoms with Crippen LogP contribution in [-0.4, -0.2) is 11.9 Å². The SMILES string of the molecule is Cc1cccc(Cl)c1CNC(=O)C1Nc2ccc(F)cc2C1c1ccccc1. The van der Waals surface area contributed by atoms with E-state index in [2.05, 4.69) is 10.6 Å². The Kier molecular flexibility index (Phi) is 5.05. The Morgan fingerprint density at radius 1 is 1.11 bits per heavy atom. The van der Waals surface area contributed by atoms with E-state index in [9.17, 15) is 9.18 Å². The summed E-state index contributed by atoms with van der Waals surface area (Å²) in [4.78, 5) is 13.1. The van der Waals surface area contributed by atoms with Crippen LogP contribution in [0.1, 0.15) is 28.2 Å². The van der Waals surface area contributed by atoms with E-state index in [1.165, 1.54) is 12.1 Å². The van der Waals surface area contributed by atoms with Crippen molar-refractivity contribution in [1.82, 2.24) is 5.32 Å². The van der Waals surface area contributed by atoms with Gasteiger partial charge in [0.1, 0.15) is 11.9 Å². The molecule has 3 nitrogen and oxygen atoms in total. The zero-order valence-electron chi connectivity index (χ0n) is 15.4. The molecule has 3 aromatic rings. The number of aryl methyl sites for hydroxylation is 1. The molecule has 1 aliphatic rings. The number of carbonyl (C=O) groups is 1. The Morgan fingerprint density at radius 3 is 2.64 bits per heavy atom. The van der Waals surface area contributed by atoms with Gasteiger partial charge in [-0.05, 0) is 53.4 Å². The van der Waals surface area contributed by atoms with Gasteiger partial charge in [-0.2, -0.15) is 0 Å². The molecule has 2 N–H and O–H groups in total. The summed E-state index contributed by atoms with van der Waals surface area (Å²) in [5, 5.41) is 6.89. The topological polar surface area (TPSA) is 41.1 Å². The molecule has 2 atom stereocenters. The molecule has 2 unspecified atom stereocenters. The van der Waals surface area contributed by atoms with Crippen molar-refractivity contribution >= 4 is 23.2 Å². The molecule has 0 saturated heterocycles. The van der Waals surface area contributed by atoms with E-state index in [0.717, 1.165) is 27.9 Å². The first-order valence-corrected chi connectivity index (χ1v) is 9.55. The summed E-state index contributed by atoms with van der Waals surface area (Å²) in [6.45, 7) is 2.31. The molecule has 0 saturated carbocycles. The number of amides is 1. The predicted molar refractivity (Wildman–Crippen MR) is 110 cm³/mol. The first-order valence-electron chi connectivity index (χ1n) is 9.17. The average molecular weight is 395 g/mol. The second kappa shape index (κ2) is 7.64. The third-order valence-electron chi connectivity index (χ3n) is 5.23. The van der Waals surface area contributed by atoms with Gasteiger partial charge in [-0.1, -0.05) is 54.1 Å². The van der Waals surface area contributed by atoms with Crippen molar-refractivity contribution in [1.29, 1.82) is 0 Å². The van der Waals surface area contributed by atoms with Crippen LogP contribution in [0.2, 0.25) is 5.02 Å². The molecule has 0 spiro atoms. The average Bonchev–Trinajstić information content (AvgIpc) is 3.07. The quantitative estimate of drug-likeness (QED) is 0.651. The van der Waals surface area contributed by atoms with Crippen LogP contribution in [0.15, 0.2) is 66.7 Å². The Labute approximate surface area is 168 Å². The number of hydrogen-bond donors (Lipinski definition) is 2. The van der Waals surface area contributed by atoms with Crippen LogP contribution in [0, 0.1) is 12.7 Å². The Hall–Kier alpha value is -2.85. The second-order valence-corrected chi connectivity index (χ2v) is 7.40. The predicted octanol–water partition coefficient (Wildman–Crippen LogP) is 5.03. The fourth-order valence-corrected chi connectivity index (χ4v) is 4.07. The summed E-state index contributed by atoms with van der Waals surface area (Å²) in [7, 11) is 0. The number of fused-ring (bicyclic) bond motifs is 1. The Balaban J connectivity index is 1.62. The van der Waals surface area contributed by atoms with Crippen molar-refractivity contribution in [3.05, 3.63) is 99.8 Å². The van der Waals surface area contributed by atoms with Crippen LogP contribution in [-0.2, 0) is 11.3 Å². The summed E-state index contributed by atoms with van der Waals surface area (Å²) >= 11 is 6.28. The fraction of sp³-hybridized carbons (Fsp3) is 0.174. The molecule has 1 heterocycles. The minimum absolute atomic E-state index is 0.148. The third-order valence-corrected chi connectivity index (χ3v) is 5.58. The lowest BCUT2D eigenvalue weighted by molar-refractivity contribution is -0.122. The molecule has 5 heteroatoms. The number of anilines is 1. The normalized spacial score (nSPS) is 17.7. The van der Waals surface area contributed by atoms with E-state index in [1.54, 1.807) is 6.07 Å². The molecule has 142 valence electrons. The van der Waals surface area contributed by atoms with Gasteiger partial charge in [0.2, 0.25) is 5.91 Å². The van der Waals surface area contributed by atoms with Crippen LogP contribution in [0.3, 0.4) is 0 Å². The van der Waals surface area contributed by atoms with E-state index in [1.807, 2.05) is 55.5 Å². The maximum Gasteiger partial charge on any atom is 0.243 e. The number of hydrogen-bond acceptors (Lipinski definition) is 2. The van der Waals surface area contributed by atoms with Crippen LogP contribution < -0.4 is 10.6 Å². The summed E-state index contributed by atoms with van der Waals surface area (Å²) < 4.78 is 13.9. The second-order valence-electron chi connectivity index (χ2n) is 7.00. The zero-order chi connectivity index (χ0) is 19.7. The molecular weight excluding hydrogens is 375 g/mol. The van der Waals surface area contributed by atoms with Crippen molar-refractivity contribution < 1.29 is 9.18 Å². The first-order chi connectivity index (χ1) is 13.5. The summed E-state index contributed by atoms with van der Waals surface area (Å²) in [6, 6.07) is 19.4. The van der Waals surface area contributed by atoms with Crippen molar-refractivity contribution in [2.24, 2.45) is 0 Å². The lowest BCUT2D eigenvalue weighted by atomic mass is 9.87. The molecule has 28 heavy (non-hydrogen) atoms. The number of benzene rings is 3. The van der Waals surface area contributed by atoms with Crippen LogP contribution >= 0.6 is 11.6 Å². The molecule has 0 radical (unpaired) electrons. The highest BCUT2D eigenvalue weighted by atomic mass is 35.5. The van der Waals surface area contributed by atoms with Crippen LogP contribution in [0.25, 0.3) is 0 Å². The highest BCUT2D eigenvalue weighted by Crippen LogP contribution is 2.40. The first kappa shape index (κ1) is 18.5. The fourth-order valence-electron chi connectivity index (χ4n) is 3.78. The largest absolute Gasteiger partial charge is 0.373 e. The van der Waals surface area contributed by atoms with Crippen molar-refractivity contribution in [2.45, 2.75) is 25.4 Å². The molecule has 0 bridgehead atoms.